The predicted octanol–water partition coefficient (Wildman–Crippen LogP) is -0.996. The molecular formula is C12H16N4O3. The summed E-state index contributed by atoms with van der Waals surface area (Å²) in [5.74, 6) is -0.00749. The SMILES string of the molecule is NC1C2CCCOC2C1NC(=O)c1ccc(=O)[nH]n1. The highest BCUT2D eigenvalue weighted by molar-refractivity contribution is 5.92. The van der Waals surface area contributed by atoms with E-state index in [-0.39, 0.29) is 35.3 Å². The number of H-pyrrole nitrogens is 1. The molecule has 0 aromatic carbocycles. The molecule has 0 radical (unpaired) electrons. The van der Waals surface area contributed by atoms with Crippen LogP contribution in [0.5, 0.6) is 0 Å². The first kappa shape index (κ1) is 12.3. The largest absolute Gasteiger partial charge is 0.376 e. The van der Waals surface area contributed by atoms with Gasteiger partial charge in [-0.05, 0) is 18.9 Å². The van der Waals surface area contributed by atoms with Crippen molar-refractivity contribution in [3.05, 3.63) is 28.2 Å². The maximum atomic E-state index is 12.0. The Morgan fingerprint density at radius 2 is 2.37 bits per heavy atom. The molecule has 1 saturated heterocycles. The van der Waals surface area contributed by atoms with Crippen molar-refractivity contribution in [1.29, 1.82) is 0 Å². The van der Waals surface area contributed by atoms with Gasteiger partial charge in [0.1, 0.15) is 5.69 Å². The molecule has 1 aliphatic carbocycles. The minimum atomic E-state index is -0.343. The van der Waals surface area contributed by atoms with Gasteiger partial charge < -0.3 is 15.8 Å². The van der Waals surface area contributed by atoms with Crippen LogP contribution in [0.2, 0.25) is 0 Å². The second-order valence-electron chi connectivity index (χ2n) is 5.02. The van der Waals surface area contributed by atoms with E-state index < -0.39 is 0 Å². The summed E-state index contributed by atoms with van der Waals surface area (Å²) < 4.78 is 5.64. The van der Waals surface area contributed by atoms with Crippen LogP contribution < -0.4 is 16.6 Å². The number of nitrogens with two attached hydrogens (primary N) is 1. The minimum Gasteiger partial charge on any atom is -0.376 e. The topological polar surface area (TPSA) is 110 Å². The van der Waals surface area contributed by atoms with Gasteiger partial charge in [0.15, 0.2) is 0 Å². The van der Waals surface area contributed by atoms with Crippen LogP contribution in [-0.4, -0.2) is 40.9 Å². The number of aromatic nitrogens is 2. The van der Waals surface area contributed by atoms with Crippen molar-refractivity contribution in [1.82, 2.24) is 15.5 Å². The van der Waals surface area contributed by atoms with E-state index in [0.717, 1.165) is 19.4 Å². The molecule has 2 fully saturated rings. The van der Waals surface area contributed by atoms with Gasteiger partial charge in [0.2, 0.25) is 0 Å². The van der Waals surface area contributed by atoms with E-state index in [2.05, 4.69) is 15.5 Å². The van der Waals surface area contributed by atoms with Crippen molar-refractivity contribution in [2.45, 2.75) is 31.0 Å². The summed E-state index contributed by atoms with van der Waals surface area (Å²) in [4.78, 5) is 22.9. The number of fused-ring (bicyclic) bond motifs is 1. The van der Waals surface area contributed by atoms with Gasteiger partial charge in [0, 0.05) is 24.6 Å². The van der Waals surface area contributed by atoms with Crippen LogP contribution in [0.4, 0.5) is 0 Å². The lowest BCUT2D eigenvalue weighted by molar-refractivity contribution is -0.117. The van der Waals surface area contributed by atoms with Gasteiger partial charge in [-0.2, -0.15) is 5.10 Å². The molecular weight excluding hydrogens is 248 g/mol. The molecule has 4 N–H and O–H groups in total. The Balaban J connectivity index is 1.66. The third-order valence-electron chi connectivity index (χ3n) is 3.89. The normalized spacial score (nSPS) is 33.1. The van der Waals surface area contributed by atoms with Crippen LogP contribution in [0.25, 0.3) is 0 Å². The number of nitrogens with one attached hydrogen (secondary N) is 2. The number of hydrogen-bond acceptors (Lipinski definition) is 5. The number of rotatable bonds is 2. The first-order chi connectivity index (χ1) is 9.16. The third-order valence-corrected chi connectivity index (χ3v) is 3.89. The van der Waals surface area contributed by atoms with Gasteiger partial charge >= 0.3 is 0 Å². The van der Waals surface area contributed by atoms with Gasteiger partial charge in [-0.3, -0.25) is 9.59 Å². The van der Waals surface area contributed by atoms with Gasteiger partial charge in [-0.25, -0.2) is 5.10 Å². The van der Waals surface area contributed by atoms with Gasteiger partial charge in [0.25, 0.3) is 11.5 Å². The Bertz CT molecular complexity index is 524. The molecule has 4 atom stereocenters. The summed E-state index contributed by atoms with van der Waals surface area (Å²) in [6.45, 7) is 0.719. The molecule has 1 aliphatic heterocycles. The maximum absolute atomic E-state index is 12.0. The standard InChI is InChI=1S/C12H16N4O3/c13-9-6-2-1-5-19-11(6)10(9)14-12(18)7-3-4-8(17)16-15-7/h3-4,6,9-11H,1-2,5,13H2,(H,14,18)(H,16,17). The molecule has 7 heteroatoms. The molecule has 0 bridgehead atoms. The van der Waals surface area contributed by atoms with Crippen LogP contribution in [-0.2, 0) is 4.74 Å². The molecule has 0 spiro atoms. The summed E-state index contributed by atoms with van der Waals surface area (Å²) in [5.41, 5.74) is 5.89. The molecule has 4 unspecified atom stereocenters. The van der Waals surface area contributed by atoms with E-state index >= 15 is 0 Å². The molecule has 102 valence electrons. The highest BCUT2D eigenvalue weighted by Crippen LogP contribution is 2.36. The summed E-state index contributed by atoms with van der Waals surface area (Å²) in [6, 6.07) is 2.41. The fourth-order valence-corrected chi connectivity index (χ4v) is 2.82. The third kappa shape index (κ3) is 2.15. The molecule has 1 amide bonds. The second kappa shape index (κ2) is 4.75. The molecule has 1 saturated carbocycles. The van der Waals surface area contributed by atoms with Crippen LogP contribution >= 0.6 is 0 Å². The summed E-state index contributed by atoms with van der Waals surface area (Å²) >= 11 is 0. The number of carbonyl (C=O) groups excluding carboxylic acids is 1. The Morgan fingerprint density at radius 1 is 1.53 bits per heavy atom. The molecule has 2 aliphatic rings. The summed E-state index contributed by atoms with van der Waals surface area (Å²) in [6.07, 6.45) is 2.09. The number of hydrogen-bond donors (Lipinski definition) is 3. The number of ether oxygens (including phenoxy) is 1. The molecule has 1 aromatic heterocycles. The molecule has 7 nitrogen and oxygen atoms in total. The first-order valence-corrected chi connectivity index (χ1v) is 6.40. The molecule has 19 heavy (non-hydrogen) atoms. The van der Waals surface area contributed by atoms with Crippen LogP contribution in [0.15, 0.2) is 16.9 Å². The molecule has 1 aromatic rings. The van der Waals surface area contributed by atoms with Crippen molar-refractivity contribution in [2.75, 3.05) is 6.61 Å². The van der Waals surface area contributed by atoms with E-state index in [4.69, 9.17) is 10.5 Å². The molecule has 2 heterocycles. The smallest absolute Gasteiger partial charge is 0.272 e. The Kier molecular flexibility index (Phi) is 3.08. The monoisotopic (exact) mass is 264 g/mol. The highest BCUT2D eigenvalue weighted by Gasteiger charge is 2.51. The zero-order chi connectivity index (χ0) is 13.4. The number of carbonyl (C=O) groups is 1. The fraction of sp³-hybridized carbons (Fsp3) is 0.583. The van der Waals surface area contributed by atoms with E-state index in [1.54, 1.807) is 0 Å². The average molecular weight is 264 g/mol. The summed E-state index contributed by atoms with van der Waals surface area (Å²) in [7, 11) is 0. The van der Waals surface area contributed by atoms with Gasteiger partial charge in [-0.15, -0.1) is 0 Å². The van der Waals surface area contributed by atoms with E-state index in [1.165, 1.54) is 12.1 Å². The van der Waals surface area contributed by atoms with Crippen LogP contribution in [0.3, 0.4) is 0 Å². The zero-order valence-corrected chi connectivity index (χ0v) is 10.3. The second-order valence-corrected chi connectivity index (χ2v) is 5.02. The zero-order valence-electron chi connectivity index (χ0n) is 10.3. The highest BCUT2D eigenvalue weighted by atomic mass is 16.5. The van der Waals surface area contributed by atoms with Crippen molar-refractivity contribution in [3.63, 3.8) is 0 Å². The Hall–Kier alpha value is -1.73. The first-order valence-electron chi connectivity index (χ1n) is 6.40. The maximum Gasteiger partial charge on any atom is 0.272 e. The summed E-state index contributed by atoms with van der Waals surface area (Å²) in [5, 5.41) is 8.74. The van der Waals surface area contributed by atoms with Crippen molar-refractivity contribution >= 4 is 5.91 Å². The number of nitrogens with zero attached hydrogens (tertiary/aromatic N) is 1. The lowest BCUT2D eigenvalue weighted by Gasteiger charge is -2.52. The fourth-order valence-electron chi connectivity index (χ4n) is 2.82. The lowest BCUT2D eigenvalue weighted by atomic mass is 9.68. The molecule has 3 rings (SSSR count). The van der Waals surface area contributed by atoms with Crippen molar-refractivity contribution in [2.24, 2.45) is 11.7 Å². The van der Waals surface area contributed by atoms with Gasteiger partial charge in [-0.1, -0.05) is 0 Å². The number of aromatic amines is 1. The minimum absolute atomic E-state index is 0.00969. The quantitative estimate of drug-likeness (QED) is 0.635. The Labute approximate surface area is 109 Å². The van der Waals surface area contributed by atoms with Crippen LogP contribution in [0.1, 0.15) is 23.3 Å². The van der Waals surface area contributed by atoms with E-state index in [9.17, 15) is 9.59 Å². The average Bonchev–Trinajstić information content (AvgIpc) is 2.45. The Morgan fingerprint density at radius 3 is 3.11 bits per heavy atom. The lowest BCUT2D eigenvalue weighted by Crippen LogP contribution is -2.72. The van der Waals surface area contributed by atoms with Crippen LogP contribution in [0, 0.1) is 5.92 Å². The van der Waals surface area contributed by atoms with Crippen molar-refractivity contribution in [3.8, 4) is 0 Å². The van der Waals surface area contributed by atoms with Crippen molar-refractivity contribution < 1.29 is 9.53 Å². The van der Waals surface area contributed by atoms with Gasteiger partial charge in [0.05, 0.1) is 12.1 Å². The van der Waals surface area contributed by atoms with E-state index in [0.29, 0.717) is 5.92 Å². The number of amides is 1. The predicted molar refractivity (Wildman–Crippen MR) is 66.6 cm³/mol. The van der Waals surface area contributed by atoms with E-state index in [1.807, 2.05) is 0 Å².